The van der Waals surface area contributed by atoms with Crippen molar-refractivity contribution in [3.8, 4) is 0 Å². The molecule has 5 nitrogen and oxygen atoms in total. The van der Waals surface area contributed by atoms with E-state index in [9.17, 15) is 9.59 Å². The van der Waals surface area contributed by atoms with E-state index in [-0.39, 0.29) is 6.61 Å². The van der Waals surface area contributed by atoms with Crippen LogP contribution in [-0.4, -0.2) is 36.7 Å². The highest BCUT2D eigenvalue weighted by atomic mass is 32.2. The molecule has 14 heavy (non-hydrogen) atoms. The van der Waals surface area contributed by atoms with Gasteiger partial charge in [0.25, 0.3) is 0 Å². The number of primary amides is 1. The van der Waals surface area contributed by atoms with Crippen LogP contribution in [0.3, 0.4) is 0 Å². The summed E-state index contributed by atoms with van der Waals surface area (Å²) in [5.41, 5.74) is 5.10. The second-order valence-electron chi connectivity index (χ2n) is 2.60. The van der Waals surface area contributed by atoms with Crippen molar-refractivity contribution in [2.24, 2.45) is 5.73 Å². The Bertz CT molecular complexity index is 199. The van der Waals surface area contributed by atoms with Crippen LogP contribution in [0.1, 0.15) is 13.3 Å². The zero-order valence-corrected chi connectivity index (χ0v) is 9.23. The Morgan fingerprint density at radius 2 is 2.21 bits per heavy atom. The fraction of sp³-hybridized carbons (Fsp3) is 0.750. The van der Waals surface area contributed by atoms with Gasteiger partial charge in [-0.2, -0.15) is 11.8 Å². The zero-order valence-electron chi connectivity index (χ0n) is 8.41. The van der Waals surface area contributed by atoms with E-state index in [1.54, 1.807) is 18.7 Å². The minimum absolute atomic E-state index is 0.278. The number of nitrogens with two attached hydrogens (primary N) is 1. The van der Waals surface area contributed by atoms with Crippen molar-refractivity contribution >= 4 is 23.8 Å². The molecule has 2 amide bonds. The van der Waals surface area contributed by atoms with Gasteiger partial charge in [-0.1, -0.05) is 0 Å². The second kappa shape index (κ2) is 7.49. The number of rotatable bonds is 6. The fourth-order valence-electron chi connectivity index (χ4n) is 0.836. The van der Waals surface area contributed by atoms with Crippen LogP contribution in [-0.2, 0) is 9.53 Å². The highest BCUT2D eigenvalue weighted by Crippen LogP contribution is 2.00. The molecule has 82 valence electrons. The molecule has 0 aliphatic carbocycles. The molecule has 0 aromatic carbocycles. The van der Waals surface area contributed by atoms with Gasteiger partial charge in [-0.05, 0) is 25.4 Å². The molecular weight excluding hydrogens is 204 g/mol. The number of amides is 2. The van der Waals surface area contributed by atoms with E-state index >= 15 is 0 Å². The van der Waals surface area contributed by atoms with Gasteiger partial charge in [-0.25, -0.2) is 4.79 Å². The molecule has 0 saturated carbocycles. The molecule has 0 fully saturated rings. The largest absolute Gasteiger partial charge is 0.450 e. The van der Waals surface area contributed by atoms with Gasteiger partial charge in [-0.15, -0.1) is 0 Å². The maximum Gasteiger partial charge on any atom is 0.407 e. The third-order valence-electron chi connectivity index (χ3n) is 1.52. The van der Waals surface area contributed by atoms with Crippen LogP contribution in [0.15, 0.2) is 0 Å². The Hall–Kier alpha value is -0.910. The summed E-state index contributed by atoms with van der Waals surface area (Å²) in [6.45, 7) is 1.97. The first kappa shape index (κ1) is 13.1. The first-order chi connectivity index (χ1) is 6.61. The fourth-order valence-corrected chi connectivity index (χ4v) is 1.31. The summed E-state index contributed by atoms with van der Waals surface area (Å²) in [7, 11) is 0. The van der Waals surface area contributed by atoms with Crippen LogP contribution in [0.4, 0.5) is 4.79 Å². The minimum atomic E-state index is -0.638. The number of ether oxygens (including phenoxy) is 1. The summed E-state index contributed by atoms with van der Waals surface area (Å²) in [6.07, 6.45) is 1.84. The Morgan fingerprint density at radius 1 is 1.57 bits per heavy atom. The topological polar surface area (TPSA) is 81.4 Å². The van der Waals surface area contributed by atoms with Crippen molar-refractivity contribution in [3.63, 3.8) is 0 Å². The average molecular weight is 220 g/mol. The summed E-state index contributed by atoms with van der Waals surface area (Å²) in [5, 5.41) is 2.40. The minimum Gasteiger partial charge on any atom is -0.450 e. The quantitative estimate of drug-likeness (QED) is 0.676. The van der Waals surface area contributed by atoms with Crippen LogP contribution in [0.2, 0.25) is 0 Å². The molecule has 0 rings (SSSR count). The number of carbonyl (C=O) groups excluding carboxylic acids is 2. The molecule has 0 bridgehead atoms. The molecule has 3 N–H and O–H groups in total. The Kier molecular flexibility index (Phi) is 7.00. The highest BCUT2D eigenvalue weighted by molar-refractivity contribution is 7.98. The summed E-state index contributed by atoms with van der Waals surface area (Å²) < 4.78 is 4.64. The Labute approximate surface area is 87.7 Å². The number of carbonyl (C=O) groups is 2. The van der Waals surface area contributed by atoms with Gasteiger partial charge in [0.05, 0.1) is 6.61 Å². The highest BCUT2D eigenvalue weighted by Gasteiger charge is 2.17. The third-order valence-corrected chi connectivity index (χ3v) is 2.17. The van der Waals surface area contributed by atoms with Gasteiger partial charge in [0.2, 0.25) is 5.91 Å². The van der Waals surface area contributed by atoms with Crippen LogP contribution in [0, 0.1) is 0 Å². The smallest absolute Gasteiger partial charge is 0.407 e. The van der Waals surface area contributed by atoms with Crippen LogP contribution >= 0.6 is 11.8 Å². The number of alkyl carbamates (subject to hydrolysis) is 1. The van der Waals surface area contributed by atoms with E-state index in [0.717, 1.165) is 5.75 Å². The lowest BCUT2D eigenvalue weighted by Gasteiger charge is -2.14. The maximum atomic E-state index is 11.0. The van der Waals surface area contributed by atoms with E-state index in [1.807, 2.05) is 6.26 Å². The first-order valence-corrected chi connectivity index (χ1v) is 5.72. The zero-order chi connectivity index (χ0) is 11.0. The molecule has 0 radical (unpaired) electrons. The lowest BCUT2D eigenvalue weighted by Crippen LogP contribution is -2.45. The number of nitrogens with one attached hydrogen (secondary N) is 1. The van der Waals surface area contributed by atoms with Crippen molar-refractivity contribution in [1.29, 1.82) is 0 Å². The van der Waals surface area contributed by atoms with Crippen molar-refractivity contribution in [1.82, 2.24) is 5.32 Å². The van der Waals surface area contributed by atoms with Crippen molar-refractivity contribution in [3.05, 3.63) is 0 Å². The second-order valence-corrected chi connectivity index (χ2v) is 3.59. The normalized spacial score (nSPS) is 11.9. The van der Waals surface area contributed by atoms with Crippen LogP contribution in [0.25, 0.3) is 0 Å². The average Bonchev–Trinajstić information content (AvgIpc) is 2.12. The van der Waals surface area contributed by atoms with Gasteiger partial charge in [0.1, 0.15) is 6.04 Å². The molecule has 1 atom stereocenters. The third kappa shape index (κ3) is 5.69. The lowest BCUT2D eigenvalue weighted by molar-refractivity contribution is -0.119. The number of hydrogen-bond donors (Lipinski definition) is 2. The van der Waals surface area contributed by atoms with Gasteiger partial charge >= 0.3 is 6.09 Å². The van der Waals surface area contributed by atoms with Gasteiger partial charge < -0.3 is 15.8 Å². The van der Waals surface area contributed by atoms with E-state index in [0.29, 0.717) is 6.42 Å². The summed E-state index contributed by atoms with van der Waals surface area (Å²) in [4.78, 5) is 21.9. The Morgan fingerprint density at radius 3 is 2.64 bits per heavy atom. The van der Waals surface area contributed by atoms with E-state index < -0.39 is 18.0 Å². The predicted molar refractivity (Wildman–Crippen MR) is 56.1 cm³/mol. The van der Waals surface area contributed by atoms with Crippen molar-refractivity contribution in [2.75, 3.05) is 18.6 Å². The van der Waals surface area contributed by atoms with Gasteiger partial charge in [0, 0.05) is 0 Å². The standard InChI is InChI=1S/C8H16N2O3S/c1-3-13-8(12)10-6(7(9)11)4-5-14-2/h6H,3-5H2,1-2H3,(H2,9,11)(H,10,12). The summed E-state index contributed by atoms with van der Waals surface area (Å²) >= 11 is 1.59. The van der Waals surface area contributed by atoms with Crippen molar-refractivity contribution in [2.45, 2.75) is 19.4 Å². The van der Waals surface area contributed by atoms with Crippen molar-refractivity contribution < 1.29 is 14.3 Å². The molecule has 0 aliphatic rings. The molecule has 0 heterocycles. The maximum absolute atomic E-state index is 11.0. The molecule has 0 aliphatic heterocycles. The molecular formula is C8H16N2O3S. The molecule has 0 saturated heterocycles. The SMILES string of the molecule is CCOC(=O)NC(CCSC)C(N)=O. The number of thioether (sulfide) groups is 1. The summed E-state index contributed by atoms with van der Waals surface area (Å²) in [5.74, 6) is 0.229. The molecule has 1 unspecified atom stereocenters. The van der Waals surface area contributed by atoms with E-state index in [4.69, 9.17) is 5.73 Å². The van der Waals surface area contributed by atoms with Gasteiger partial charge in [0.15, 0.2) is 0 Å². The van der Waals surface area contributed by atoms with Crippen LogP contribution in [0.5, 0.6) is 0 Å². The van der Waals surface area contributed by atoms with Crippen LogP contribution < -0.4 is 11.1 Å². The molecule has 6 heteroatoms. The predicted octanol–water partition coefficient (Wildman–Crippen LogP) is 0.340. The lowest BCUT2D eigenvalue weighted by atomic mass is 10.2. The Balaban J connectivity index is 3.95. The summed E-state index contributed by atoms with van der Waals surface area (Å²) in [6, 6.07) is -0.638. The van der Waals surface area contributed by atoms with E-state index in [2.05, 4.69) is 10.1 Å². The van der Waals surface area contributed by atoms with Gasteiger partial charge in [-0.3, -0.25) is 4.79 Å². The first-order valence-electron chi connectivity index (χ1n) is 4.33. The molecule has 0 aromatic rings. The molecule has 0 aromatic heterocycles. The van der Waals surface area contributed by atoms with E-state index in [1.165, 1.54) is 0 Å². The number of hydrogen-bond acceptors (Lipinski definition) is 4. The molecule has 0 spiro atoms. The monoisotopic (exact) mass is 220 g/mol.